The van der Waals surface area contributed by atoms with E-state index in [0.717, 1.165) is 32.6 Å². The molecule has 2 N–H and O–H groups in total. The average Bonchev–Trinajstić information content (AvgIpc) is 2.41. The molecule has 1 heterocycles. The van der Waals surface area contributed by atoms with Gasteiger partial charge in [0.15, 0.2) is 0 Å². The molecule has 0 saturated carbocycles. The second-order valence-corrected chi connectivity index (χ2v) is 4.25. The van der Waals surface area contributed by atoms with Crippen LogP contribution < -0.4 is 10.2 Å². The van der Waals surface area contributed by atoms with Crippen LogP contribution in [0.2, 0.25) is 0 Å². The summed E-state index contributed by atoms with van der Waals surface area (Å²) in [6.45, 7) is 4.48. The first-order valence-corrected chi connectivity index (χ1v) is 6.23. The molecule has 1 fully saturated rings. The highest BCUT2D eigenvalue weighted by atomic mass is 16.2. The lowest BCUT2D eigenvalue weighted by molar-refractivity contribution is 0.303. The summed E-state index contributed by atoms with van der Waals surface area (Å²) in [6, 6.07) is 8.56. The lowest BCUT2D eigenvalue weighted by Crippen LogP contribution is -2.43. The molecule has 0 atom stereocenters. The first-order valence-electron chi connectivity index (χ1n) is 6.23. The highest BCUT2D eigenvalue weighted by Gasteiger charge is 2.09. The summed E-state index contributed by atoms with van der Waals surface area (Å²) < 4.78 is 0. The average molecular weight is 232 g/mol. The summed E-state index contributed by atoms with van der Waals surface area (Å²) in [6.07, 6.45) is 4.80. The van der Waals surface area contributed by atoms with Crippen molar-refractivity contribution < 1.29 is 5.11 Å². The van der Waals surface area contributed by atoms with Crippen molar-refractivity contribution in [3.63, 3.8) is 0 Å². The summed E-state index contributed by atoms with van der Waals surface area (Å²) in [5.41, 5.74) is 2.49. The number of nitrogens with one attached hydrogen (secondary N) is 1. The van der Waals surface area contributed by atoms with Crippen molar-refractivity contribution in [3.8, 4) is 0 Å². The molecule has 0 aromatic heterocycles. The van der Waals surface area contributed by atoms with E-state index in [1.165, 1.54) is 11.3 Å². The van der Waals surface area contributed by atoms with Crippen molar-refractivity contribution in [1.82, 2.24) is 5.32 Å². The van der Waals surface area contributed by atoms with Crippen LogP contribution in [0.15, 0.2) is 30.3 Å². The minimum absolute atomic E-state index is 0.216. The molecule has 0 unspecified atom stereocenters. The maximum absolute atomic E-state index is 8.74. The van der Waals surface area contributed by atoms with Crippen LogP contribution in [0.1, 0.15) is 12.0 Å². The van der Waals surface area contributed by atoms with Crippen LogP contribution >= 0.6 is 0 Å². The van der Waals surface area contributed by atoms with Gasteiger partial charge in [0.1, 0.15) is 0 Å². The lowest BCUT2D eigenvalue weighted by atomic mass is 10.1. The second kappa shape index (κ2) is 6.42. The molecule has 0 aliphatic carbocycles. The van der Waals surface area contributed by atoms with Crippen molar-refractivity contribution in [2.45, 2.75) is 6.42 Å². The van der Waals surface area contributed by atoms with Crippen LogP contribution in [-0.4, -0.2) is 37.9 Å². The Kier molecular flexibility index (Phi) is 4.59. The molecule has 3 nitrogen and oxygen atoms in total. The number of nitrogens with zero attached hydrogens (tertiary/aromatic N) is 1. The highest BCUT2D eigenvalue weighted by Crippen LogP contribution is 2.17. The minimum atomic E-state index is 0.216. The van der Waals surface area contributed by atoms with E-state index < -0.39 is 0 Å². The number of aliphatic hydroxyl groups is 1. The van der Waals surface area contributed by atoms with Gasteiger partial charge >= 0.3 is 0 Å². The van der Waals surface area contributed by atoms with Gasteiger partial charge in [-0.05, 0) is 24.1 Å². The topological polar surface area (TPSA) is 35.5 Å². The zero-order valence-corrected chi connectivity index (χ0v) is 10.1. The number of rotatable bonds is 4. The SMILES string of the molecule is OCCC=Cc1cccc(N2CCNCC2)c1. The van der Waals surface area contributed by atoms with Crippen molar-refractivity contribution in [2.24, 2.45) is 0 Å². The van der Waals surface area contributed by atoms with E-state index in [1.807, 2.05) is 6.08 Å². The van der Waals surface area contributed by atoms with Gasteiger partial charge < -0.3 is 15.3 Å². The third kappa shape index (κ3) is 3.58. The maximum atomic E-state index is 8.74. The van der Waals surface area contributed by atoms with Gasteiger partial charge in [-0.15, -0.1) is 0 Å². The second-order valence-electron chi connectivity index (χ2n) is 4.25. The zero-order chi connectivity index (χ0) is 11.9. The standard InChI is InChI=1S/C14H20N2O/c17-11-2-1-4-13-5-3-6-14(12-13)16-9-7-15-8-10-16/h1,3-6,12,15,17H,2,7-11H2. The fourth-order valence-corrected chi connectivity index (χ4v) is 2.04. The third-order valence-corrected chi connectivity index (χ3v) is 2.96. The molecule has 92 valence electrons. The van der Waals surface area contributed by atoms with E-state index in [1.54, 1.807) is 0 Å². The summed E-state index contributed by atoms with van der Waals surface area (Å²) in [5, 5.41) is 12.1. The van der Waals surface area contributed by atoms with Gasteiger partial charge in [-0.25, -0.2) is 0 Å². The van der Waals surface area contributed by atoms with Gasteiger partial charge in [0.05, 0.1) is 0 Å². The number of hydrogen-bond acceptors (Lipinski definition) is 3. The Hall–Kier alpha value is -1.32. The van der Waals surface area contributed by atoms with Gasteiger partial charge in [0, 0.05) is 38.5 Å². The van der Waals surface area contributed by atoms with Crippen molar-refractivity contribution in [1.29, 1.82) is 0 Å². The lowest BCUT2D eigenvalue weighted by Gasteiger charge is -2.29. The fourth-order valence-electron chi connectivity index (χ4n) is 2.04. The first kappa shape index (κ1) is 12.1. The van der Waals surface area contributed by atoms with Crippen LogP contribution in [0.5, 0.6) is 0 Å². The molecule has 0 bridgehead atoms. The van der Waals surface area contributed by atoms with Crippen LogP contribution in [0.4, 0.5) is 5.69 Å². The number of benzene rings is 1. The van der Waals surface area contributed by atoms with Gasteiger partial charge in [-0.1, -0.05) is 24.3 Å². The number of hydrogen-bond donors (Lipinski definition) is 2. The Morgan fingerprint density at radius 3 is 2.88 bits per heavy atom. The van der Waals surface area contributed by atoms with Gasteiger partial charge in [0.25, 0.3) is 0 Å². The number of anilines is 1. The smallest absolute Gasteiger partial charge is 0.0465 e. The predicted octanol–water partition coefficient (Wildman–Crippen LogP) is 1.49. The largest absolute Gasteiger partial charge is 0.396 e. The Morgan fingerprint density at radius 1 is 1.29 bits per heavy atom. The van der Waals surface area contributed by atoms with E-state index in [0.29, 0.717) is 0 Å². The van der Waals surface area contributed by atoms with Crippen LogP contribution in [0.25, 0.3) is 6.08 Å². The summed E-state index contributed by atoms with van der Waals surface area (Å²) in [7, 11) is 0. The van der Waals surface area contributed by atoms with E-state index >= 15 is 0 Å². The van der Waals surface area contributed by atoms with Crippen LogP contribution in [0.3, 0.4) is 0 Å². The number of aliphatic hydroxyl groups excluding tert-OH is 1. The molecule has 17 heavy (non-hydrogen) atoms. The Balaban J connectivity index is 2.05. The summed E-state index contributed by atoms with van der Waals surface area (Å²) in [4.78, 5) is 2.40. The van der Waals surface area contributed by atoms with E-state index in [-0.39, 0.29) is 6.61 Å². The highest BCUT2D eigenvalue weighted by molar-refractivity contribution is 5.58. The van der Waals surface area contributed by atoms with Gasteiger partial charge in [-0.3, -0.25) is 0 Å². The first-order chi connectivity index (χ1) is 8.40. The van der Waals surface area contributed by atoms with Crippen molar-refractivity contribution in [3.05, 3.63) is 35.9 Å². The maximum Gasteiger partial charge on any atom is 0.0465 e. The van der Waals surface area contributed by atoms with Crippen molar-refractivity contribution in [2.75, 3.05) is 37.7 Å². The molecule has 1 aromatic rings. The van der Waals surface area contributed by atoms with Gasteiger partial charge in [-0.2, -0.15) is 0 Å². The predicted molar refractivity (Wildman–Crippen MR) is 72.3 cm³/mol. The molecule has 1 saturated heterocycles. The van der Waals surface area contributed by atoms with Crippen LogP contribution in [-0.2, 0) is 0 Å². The quantitative estimate of drug-likeness (QED) is 0.825. The zero-order valence-electron chi connectivity index (χ0n) is 10.1. The molecular formula is C14H20N2O. The third-order valence-electron chi connectivity index (χ3n) is 2.96. The summed E-state index contributed by atoms with van der Waals surface area (Å²) in [5.74, 6) is 0. The molecule has 2 rings (SSSR count). The van der Waals surface area contributed by atoms with Gasteiger partial charge in [0.2, 0.25) is 0 Å². The van der Waals surface area contributed by atoms with E-state index in [4.69, 9.17) is 5.11 Å². The number of piperazine rings is 1. The van der Waals surface area contributed by atoms with E-state index in [9.17, 15) is 0 Å². The Morgan fingerprint density at radius 2 is 2.12 bits per heavy atom. The Bertz CT molecular complexity index is 370. The molecule has 3 heteroatoms. The minimum Gasteiger partial charge on any atom is -0.396 e. The van der Waals surface area contributed by atoms with Crippen LogP contribution in [0, 0.1) is 0 Å². The fraction of sp³-hybridized carbons (Fsp3) is 0.429. The Labute approximate surface area is 103 Å². The van der Waals surface area contributed by atoms with E-state index in [2.05, 4.69) is 40.6 Å². The summed E-state index contributed by atoms with van der Waals surface area (Å²) >= 11 is 0. The molecular weight excluding hydrogens is 212 g/mol. The normalized spacial score (nSPS) is 16.6. The molecule has 0 spiro atoms. The molecule has 0 radical (unpaired) electrons. The molecule has 0 amide bonds. The molecule has 1 aliphatic rings. The molecule has 1 aromatic carbocycles. The molecule has 1 aliphatic heterocycles. The van der Waals surface area contributed by atoms with Crippen molar-refractivity contribution >= 4 is 11.8 Å². The monoisotopic (exact) mass is 232 g/mol.